The Morgan fingerprint density at radius 3 is 2.44 bits per heavy atom. The van der Waals surface area contributed by atoms with Crippen LogP contribution in [-0.2, 0) is 6.18 Å². The number of Topliss-reactive ketones (excluding diaryl/α,β-unsaturated/α-hetero) is 1. The molecular formula is C11H11F3OS. The molecule has 1 nitrogen and oxygen atoms in total. The lowest BCUT2D eigenvalue weighted by molar-refractivity contribution is -0.139. The normalized spacial score (nSPS) is 11.6. The van der Waals surface area contributed by atoms with E-state index in [1.54, 1.807) is 6.92 Å². The zero-order valence-electron chi connectivity index (χ0n) is 8.89. The van der Waals surface area contributed by atoms with Gasteiger partial charge in [0.2, 0.25) is 0 Å². The van der Waals surface area contributed by atoms with Gasteiger partial charge < -0.3 is 0 Å². The van der Waals surface area contributed by atoms with Gasteiger partial charge in [-0.05, 0) is 12.3 Å². The van der Waals surface area contributed by atoms with E-state index in [1.165, 1.54) is 18.4 Å². The molecule has 0 radical (unpaired) electrons. The number of rotatable bonds is 3. The summed E-state index contributed by atoms with van der Waals surface area (Å²) in [7, 11) is 0. The van der Waals surface area contributed by atoms with E-state index in [2.05, 4.69) is 0 Å². The molecule has 0 aliphatic carbocycles. The van der Waals surface area contributed by atoms with E-state index in [4.69, 9.17) is 0 Å². The molecule has 0 saturated carbocycles. The molecule has 0 aromatic heterocycles. The smallest absolute Gasteiger partial charge is 0.294 e. The lowest BCUT2D eigenvalue weighted by Gasteiger charge is -2.14. The number of carbonyl (C=O) groups is 1. The lowest BCUT2D eigenvalue weighted by atomic mass is 10.1. The fourth-order valence-electron chi connectivity index (χ4n) is 1.39. The minimum absolute atomic E-state index is 0.0156. The van der Waals surface area contributed by atoms with Gasteiger partial charge in [-0.2, -0.15) is 13.2 Å². The van der Waals surface area contributed by atoms with Gasteiger partial charge in [0, 0.05) is 16.9 Å². The van der Waals surface area contributed by atoms with Crippen molar-refractivity contribution in [3.8, 4) is 0 Å². The Balaban J connectivity index is 3.38. The summed E-state index contributed by atoms with van der Waals surface area (Å²) in [5, 5.41) is 0. The van der Waals surface area contributed by atoms with Crippen LogP contribution < -0.4 is 0 Å². The molecule has 16 heavy (non-hydrogen) atoms. The number of ketones is 1. The Labute approximate surface area is 96.0 Å². The average Bonchev–Trinajstić information content (AvgIpc) is 2.25. The fourth-order valence-corrected chi connectivity index (χ4v) is 2.20. The Kier molecular flexibility index (Phi) is 4.02. The summed E-state index contributed by atoms with van der Waals surface area (Å²) >= 11 is 0.952. The quantitative estimate of drug-likeness (QED) is 0.593. The van der Waals surface area contributed by atoms with Gasteiger partial charge in [0.25, 0.3) is 0 Å². The van der Waals surface area contributed by atoms with Crippen molar-refractivity contribution in [1.29, 1.82) is 0 Å². The molecule has 0 aliphatic heterocycles. The highest BCUT2D eigenvalue weighted by Gasteiger charge is 2.34. The zero-order valence-corrected chi connectivity index (χ0v) is 9.71. The van der Waals surface area contributed by atoms with E-state index < -0.39 is 11.7 Å². The fraction of sp³-hybridized carbons (Fsp3) is 0.364. The van der Waals surface area contributed by atoms with Gasteiger partial charge in [0.1, 0.15) is 0 Å². The van der Waals surface area contributed by atoms with Crippen molar-refractivity contribution in [2.24, 2.45) is 0 Å². The highest BCUT2D eigenvalue weighted by atomic mass is 32.2. The standard InChI is InChI=1S/C11H11F3OS/c1-3-9(15)7-5-4-6-8(10(7)16-2)11(12,13)14/h4-6H,3H2,1-2H3. The van der Waals surface area contributed by atoms with Crippen LogP contribution in [0.3, 0.4) is 0 Å². The van der Waals surface area contributed by atoms with E-state index in [1.807, 2.05) is 0 Å². The summed E-state index contributed by atoms with van der Waals surface area (Å²) in [6.45, 7) is 1.63. The second-order valence-corrected chi connectivity index (χ2v) is 3.98. The lowest BCUT2D eigenvalue weighted by Crippen LogP contribution is -2.10. The Bertz CT molecular complexity index is 399. The first-order chi connectivity index (χ1) is 7.41. The summed E-state index contributed by atoms with van der Waals surface area (Å²) in [6, 6.07) is 3.70. The molecule has 1 aromatic rings. The van der Waals surface area contributed by atoms with Gasteiger partial charge in [-0.3, -0.25) is 4.79 Å². The third-order valence-electron chi connectivity index (χ3n) is 2.15. The maximum absolute atomic E-state index is 12.7. The van der Waals surface area contributed by atoms with E-state index in [0.29, 0.717) is 0 Å². The van der Waals surface area contributed by atoms with Gasteiger partial charge in [0.15, 0.2) is 5.78 Å². The van der Waals surface area contributed by atoms with Crippen LogP contribution in [0.4, 0.5) is 13.2 Å². The molecule has 0 amide bonds. The van der Waals surface area contributed by atoms with Gasteiger partial charge in [-0.15, -0.1) is 11.8 Å². The molecule has 0 spiro atoms. The van der Waals surface area contributed by atoms with Crippen molar-refractivity contribution < 1.29 is 18.0 Å². The number of carbonyl (C=O) groups excluding carboxylic acids is 1. The Morgan fingerprint density at radius 1 is 1.38 bits per heavy atom. The van der Waals surface area contributed by atoms with Crippen molar-refractivity contribution in [2.45, 2.75) is 24.4 Å². The first-order valence-corrected chi connectivity index (χ1v) is 5.91. The summed E-state index contributed by atoms with van der Waals surface area (Å²) < 4.78 is 38.0. The van der Waals surface area contributed by atoms with Crippen molar-refractivity contribution in [2.75, 3.05) is 6.26 Å². The topological polar surface area (TPSA) is 17.1 Å². The molecule has 0 saturated heterocycles. The second-order valence-electron chi connectivity index (χ2n) is 3.16. The number of thioether (sulfide) groups is 1. The largest absolute Gasteiger partial charge is 0.417 e. The maximum atomic E-state index is 12.7. The Morgan fingerprint density at radius 2 is 2.00 bits per heavy atom. The minimum atomic E-state index is -4.41. The minimum Gasteiger partial charge on any atom is -0.294 e. The highest BCUT2D eigenvalue weighted by Crippen LogP contribution is 2.37. The molecule has 0 heterocycles. The van der Waals surface area contributed by atoms with E-state index in [0.717, 1.165) is 17.8 Å². The summed E-state index contributed by atoms with van der Waals surface area (Å²) in [5.74, 6) is -0.268. The SMILES string of the molecule is CCC(=O)c1cccc(C(F)(F)F)c1SC. The molecule has 0 aliphatic rings. The molecule has 1 aromatic carbocycles. The van der Waals surface area contributed by atoms with Gasteiger partial charge >= 0.3 is 6.18 Å². The van der Waals surface area contributed by atoms with Crippen LogP contribution in [0.15, 0.2) is 23.1 Å². The summed E-state index contributed by atoms with van der Waals surface area (Å²) in [4.78, 5) is 11.5. The van der Waals surface area contributed by atoms with Crippen LogP contribution in [0.25, 0.3) is 0 Å². The number of benzene rings is 1. The Hall–Kier alpha value is -0.970. The molecule has 0 unspecified atom stereocenters. The number of hydrogen-bond acceptors (Lipinski definition) is 2. The third kappa shape index (κ3) is 2.58. The van der Waals surface area contributed by atoms with Crippen molar-refractivity contribution in [3.63, 3.8) is 0 Å². The van der Waals surface area contributed by atoms with E-state index >= 15 is 0 Å². The monoisotopic (exact) mass is 248 g/mol. The first kappa shape index (κ1) is 13.1. The molecule has 1 rings (SSSR count). The molecule has 0 bridgehead atoms. The molecule has 0 fully saturated rings. The van der Waals surface area contributed by atoms with Crippen LogP contribution in [-0.4, -0.2) is 12.0 Å². The van der Waals surface area contributed by atoms with E-state index in [9.17, 15) is 18.0 Å². The zero-order chi connectivity index (χ0) is 12.3. The van der Waals surface area contributed by atoms with Crippen LogP contribution in [0.1, 0.15) is 29.3 Å². The van der Waals surface area contributed by atoms with Crippen molar-refractivity contribution in [1.82, 2.24) is 0 Å². The first-order valence-electron chi connectivity index (χ1n) is 4.69. The number of alkyl halides is 3. The highest BCUT2D eigenvalue weighted by molar-refractivity contribution is 7.98. The van der Waals surface area contributed by atoms with Crippen LogP contribution in [0, 0.1) is 0 Å². The van der Waals surface area contributed by atoms with Crippen LogP contribution in [0.2, 0.25) is 0 Å². The van der Waals surface area contributed by atoms with Crippen LogP contribution >= 0.6 is 11.8 Å². The summed E-state index contributed by atoms with van der Waals surface area (Å²) in [6.07, 6.45) is -2.67. The number of halogens is 3. The van der Waals surface area contributed by atoms with Gasteiger partial charge in [-0.25, -0.2) is 0 Å². The van der Waals surface area contributed by atoms with Crippen molar-refractivity contribution >= 4 is 17.5 Å². The third-order valence-corrected chi connectivity index (χ3v) is 2.99. The average molecular weight is 248 g/mol. The number of hydrogen-bond donors (Lipinski definition) is 0. The van der Waals surface area contributed by atoms with Gasteiger partial charge in [-0.1, -0.05) is 19.1 Å². The maximum Gasteiger partial charge on any atom is 0.417 e. The van der Waals surface area contributed by atoms with Crippen molar-refractivity contribution in [3.05, 3.63) is 29.3 Å². The summed E-state index contributed by atoms with van der Waals surface area (Å²) in [5.41, 5.74) is -0.580. The molecule has 5 heteroatoms. The molecular weight excluding hydrogens is 237 g/mol. The van der Waals surface area contributed by atoms with Gasteiger partial charge in [0.05, 0.1) is 5.56 Å². The predicted molar refractivity (Wildman–Crippen MR) is 57.8 cm³/mol. The van der Waals surface area contributed by atoms with E-state index in [-0.39, 0.29) is 22.7 Å². The molecule has 88 valence electrons. The predicted octanol–water partition coefficient (Wildman–Crippen LogP) is 4.02. The molecule has 0 N–H and O–H groups in total. The molecule has 0 atom stereocenters. The van der Waals surface area contributed by atoms with Crippen LogP contribution in [0.5, 0.6) is 0 Å². The second kappa shape index (κ2) is 4.91.